The number of nitrogens with one attached hydrogen (secondary N) is 1. The molecule has 0 fully saturated rings. The molecule has 5 rings (SSSR count). The van der Waals surface area contributed by atoms with Crippen LogP contribution in [0.1, 0.15) is 5.82 Å². The van der Waals surface area contributed by atoms with Crippen LogP contribution >= 0.6 is 0 Å². The molecule has 6 heteroatoms. The molecule has 1 unspecified atom stereocenters. The van der Waals surface area contributed by atoms with Crippen molar-refractivity contribution in [1.29, 1.82) is 0 Å². The number of nitrogens with zero attached hydrogens (tertiary/aromatic N) is 2. The van der Waals surface area contributed by atoms with Gasteiger partial charge in [-0.05, 0) is 37.3 Å². The summed E-state index contributed by atoms with van der Waals surface area (Å²) in [5.41, 5.74) is 2.52. The third-order valence-electron chi connectivity index (χ3n) is 5.37. The van der Waals surface area contributed by atoms with E-state index in [1.165, 1.54) is 4.57 Å². The van der Waals surface area contributed by atoms with Crippen LogP contribution in [0.4, 0.5) is 0 Å². The van der Waals surface area contributed by atoms with Gasteiger partial charge in [-0.3, -0.25) is 9.36 Å². The van der Waals surface area contributed by atoms with E-state index in [0.717, 1.165) is 21.8 Å². The fourth-order valence-corrected chi connectivity index (χ4v) is 3.93. The van der Waals surface area contributed by atoms with E-state index >= 15 is 0 Å². The van der Waals surface area contributed by atoms with Gasteiger partial charge in [0, 0.05) is 16.3 Å². The number of aliphatic hydroxyl groups excluding tert-OH is 1. The van der Waals surface area contributed by atoms with Crippen molar-refractivity contribution in [2.24, 2.45) is 0 Å². The zero-order valence-corrected chi connectivity index (χ0v) is 16.5. The topological polar surface area (TPSA) is 80.1 Å². The van der Waals surface area contributed by atoms with Crippen molar-refractivity contribution in [3.05, 3.63) is 82.9 Å². The quantitative estimate of drug-likeness (QED) is 0.471. The van der Waals surface area contributed by atoms with Crippen molar-refractivity contribution < 1.29 is 9.84 Å². The number of ether oxygens (including phenoxy) is 1. The second kappa shape index (κ2) is 7.31. The average molecular weight is 399 g/mol. The monoisotopic (exact) mass is 399 g/mol. The molecule has 0 aliphatic rings. The molecule has 0 saturated heterocycles. The van der Waals surface area contributed by atoms with Gasteiger partial charge in [0.25, 0.3) is 5.56 Å². The molecule has 2 N–H and O–H groups in total. The van der Waals surface area contributed by atoms with Gasteiger partial charge in [0.1, 0.15) is 24.3 Å². The maximum atomic E-state index is 12.8. The summed E-state index contributed by atoms with van der Waals surface area (Å²) in [7, 11) is 0. The fraction of sp³-hybridized carbons (Fsp3) is 0.167. The molecule has 5 aromatic rings. The van der Waals surface area contributed by atoms with E-state index in [1.54, 1.807) is 13.0 Å². The number of aliphatic hydroxyl groups is 1. The lowest BCUT2D eigenvalue weighted by atomic mass is 10.1. The average Bonchev–Trinajstić information content (AvgIpc) is 3.14. The van der Waals surface area contributed by atoms with Crippen molar-refractivity contribution >= 4 is 32.7 Å². The number of hydrogen-bond acceptors (Lipinski definition) is 4. The number of para-hydroxylation sites is 2. The summed E-state index contributed by atoms with van der Waals surface area (Å²) in [5, 5.41) is 13.2. The van der Waals surface area contributed by atoms with Gasteiger partial charge in [-0.1, -0.05) is 36.4 Å². The smallest absolute Gasteiger partial charge is 0.261 e. The molecule has 30 heavy (non-hydrogen) atoms. The number of fused-ring (bicyclic) bond motifs is 4. The largest absolute Gasteiger partial charge is 0.490 e. The van der Waals surface area contributed by atoms with E-state index in [4.69, 9.17) is 4.74 Å². The van der Waals surface area contributed by atoms with Gasteiger partial charge < -0.3 is 14.8 Å². The van der Waals surface area contributed by atoms with E-state index in [-0.39, 0.29) is 18.7 Å². The first-order chi connectivity index (χ1) is 14.6. The van der Waals surface area contributed by atoms with E-state index in [1.807, 2.05) is 60.7 Å². The van der Waals surface area contributed by atoms with Gasteiger partial charge in [0.05, 0.1) is 23.0 Å². The number of aromatic amines is 1. The summed E-state index contributed by atoms with van der Waals surface area (Å²) in [6, 6.07) is 21.1. The summed E-state index contributed by atoms with van der Waals surface area (Å²) in [6.45, 7) is 1.96. The lowest BCUT2D eigenvalue weighted by molar-refractivity contribution is 0.0916. The van der Waals surface area contributed by atoms with Crippen LogP contribution in [0.25, 0.3) is 32.7 Å². The molecule has 0 amide bonds. The zero-order valence-electron chi connectivity index (χ0n) is 16.5. The molecule has 3 aromatic carbocycles. The molecule has 0 saturated carbocycles. The third-order valence-corrected chi connectivity index (χ3v) is 5.37. The van der Waals surface area contributed by atoms with Gasteiger partial charge in [-0.2, -0.15) is 0 Å². The van der Waals surface area contributed by atoms with E-state index in [2.05, 4.69) is 9.97 Å². The van der Waals surface area contributed by atoms with Gasteiger partial charge in [-0.25, -0.2) is 4.98 Å². The SMILES string of the molecule is Cc1nc2ccccc2c(=O)n1CC(O)COc1cccc2[nH]c3ccccc3c12. The molecular weight excluding hydrogens is 378 g/mol. The van der Waals surface area contributed by atoms with Crippen LogP contribution in [0.3, 0.4) is 0 Å². The van der Waals surface area contributed by atoms with Gasteiger partial charge in [0.15, 0.2) is 0 Å². The molecular formula is C24H21N3O3. The second-order valence-electron chi connectivity index (χ2n) is 7.41. The Balaban J connectivity index is 1.40. The van der Waals surface area contributed by atoms with Crippen molar-refractivity contribution in [3.8, 4) is 5.75 Å². The van der Waals surface area contributed by atoms with Crippen molar-refractivity contribution in [3.63, 3.8) is 0 Å². The number of H-pyrrole nitrogens is 1. The Morgan fingerprint density at radius 3 is 2.60 bits per heavy atom. The van der Waals surface area contributed by atoms with E-state index in [0.29, 0.717) is 22.5 Å². The summed E-state index contributed by atoms with van der Waals surface area (Å²) in [5.74, 6) is 1.26. The highest BCUT2D eigenvalue weighted by Crippen LogP contribution is 2.33. The first-order valence-corrected chi connectivity index (χ1v) is 9.88. The Morgan fingerprint density at radius 1 is 1.00 bits per heavy atom. The number of aromatic nitrogens is 3. The standard InChI is InChI=1S/C24H21N3O3/c1-15-25-20-10-5-3-8-18(20)24(29)27(15)13-16(28)14-30-22-12-6-11-21-23(22)17-7-2-4-9-19(17)26-21/h2-12,16,26,28H,13-14H2,1H3. The highest BCUT2D eigenvalue weighted by Gasteiger charge is 2.15. The van der Waals surface area contributed by atoms with Crippen LogP contribution in [0.2, 0.25) is 0 Å². The summed E-state index contributed by atoms with van der Waals surface area (Å²) in [6.07, 6.45) is -0.857. The van der Waals surface area contributed by atoms with Crippen molar-refractivity contribution in [1.82, 2.24) is 14.5 Å². The van der Waals surface area contributed by atoms with Crippen molar-refractivity contribution in [2.45, 2.75) is 19.6 Å². The number of benzene rings is 3. The molecule has 2 heterocycles. The second-order valence-corrected chi connectivity index (χ2v) is 7.41. The Morgan fingerprint density at radius 2 is 1.73 bits per heavy atom. The van der Waals surface area contributed by atoms with Gasteiger partial charge in [0.2, 0.25) is 0 Å². The first-order valence-electron chi connectivity index (χ1n) is 9.88. The third kappa shape index (κ3) is 3.11. The number of rotatable bonds is 5. The van der Waals surface area contributed by atoms with Crippen LogP contribution in [0.15, 0.2) is 71.5 Å². The Hall–Kier alpha value is -3.64. The lowest BCUT2D eigenvalue weighted by Crippen LogP contribution is -2.32. The summed E-state index contributed by atoms with van der Waals surface area (Å²) in [4.78, 5) is 20.7. The van der Waals surface area contributed by atoms with Gasteiger partial charge >= 0.3 is 0 Å². The Labute approximate surface area is 172 Å². The van der Waals surface area contributed by atoms with Crippen molar-refractivity contribution in [2.75, 3.05) is 6.61 Å². The van der Waals surface area contributed by atoms with Crippen LogP contribution in [-0.4, -0.2) is 32.4 Å². The normalized spacial score (nSPS) is 12.6. The highest BCUT2D eigenvalue weighted by atomic mass is 16.5. The molecule has 2 aromatic heterocycles. The minimum absolute atomic E-state index is 0.0668. The Kier molecular flexibility index (Phi) is 4.48. The maximum absolute atomic E-state index is 12.8. The fourth-order valence-electron chi connectivity index (χ4n) is 3.93. The first kappa shape index (κ1) is 18.4. The highest BCUT2D eigenvalue weighted by molar-refractivity contribution is 6.10. The molecule has 0 spiro atoms. The predicted molar refractivity (Wildman–Crippen MR) is 118 cm³/mol. The minimum Gasteiger partial charge on any atom is -0.490 e. The van der Waals surface area contributed by atoms with Crippen LogP contribution in [0.5, 0.6) is 5.75 Å². The lowest BCUT2D eigenvalue weighted by Gasteiger charge is -2.16. The predicted octanol–water partition coefficient (Wildman–Crippen LogP) is 3.78. The molecule has 0 radical (unpaired) electrons. The van der Waals surface area contributed by atoms with E-state index < -0.39 is 6.10 Å². The van der Waals surface area contributed by atoms with Crippen LogP contribution in [-0.2, 0) is 6.54 Å². The molecule has 0 aliphatic heterocycles. The summed E-state index contributed by atoms with van der Waals surface area (Å²) >= 11 is 0. The number of hydrogen-bond donors (Lipinski definition) is 2. The Bertz CT molecular complexity index is 1430. The summed E-state index contributed by atoms with van der Waals surface area (Å²) < 4.78 is 7.48. The van der Waals surface area contributed by atoms with Gasteiger partial charge in [-0.15, -0.1) is 0 Å². The maximum Gasteiger partial charge on any atom is 0.261 e. The molecule has 0 bridgehead atoms. The van der Waals surface area contributed by atoms with E-state index in [9.17, 15) is 9.90 Å². The molecule has 1 atom stereocenters. The number of aryl methyl sites for hydroxylation is 1. The van der Waals surface area contributed by atoms with Crippen LogP contribution in [0, 0.1) is 6.92 Å². The molecule has 150 valence electrons. The van der Waals surface area contributed by atoms with Crippen LogP contribution < -0.4 is 10.3 Å². The molecule has 0 aliphatic carbocycles. The minimum atomic E-state index is -0.857. The zero-order chi connectivity index (χ0) is 20.7. The molecule has 6 nitrogen and oxygen atoms in total.